The van der Waals surface area contributed by atoms with E-state index < -0.39 is 97.5 Å². The zero-order valence-electron chi connectivity index (χ0n) is 68.2. The van der Waals surface area contributed by atoms with Crippen molar-refractivity contribution in [3.8, 4) is 0 Å². The van der Waals surface area contributed by atoms with Crippen LogP contribution in [-0.4, -0.2) is 96.7 Å². The van der Waals surface area contributed by atoms with E-state index in [2.05, 4.69) is 34.6 Å². The highest BCUT2D eigenvalue weighted by Crippen LogP contribution is 2.45. The van der Waals surface area contributed by atoms with Crippen molar-refractivity contribution in [3.05, 3.63) is 0 Å². The summed E-state index contributed by atoms with van der Waals surface area (Å²) in [6.07, 6.45) is 71.1. The Kier molecular flexibility index (Phi) is 76.3. The minimum Gasteiger partial charge on any atom is -0.462 e. The molecule has 0 aromatic carbocycles. The topological polar surface area (TPSA) is 237 Å². The molecule has 104 heavy (non-hydrogen) atoms. The van der Waals surface area contributed by atoms with E-state index in [1.54, 1.807) is 0 Å². The van der Waals surface area contributed by atoms with Crippen molar-refractivity contribution in [2.45, 2.75) is 477 Å². The molecule has 0 heterocycles. The van der Waals surface area contributed by atoms with Gasteiger partial charge in [-0.25, -0.2) is 9.13 Å². The van der Waals surface area contributed by atoms with Gasteiger partial charge in [-0.2, -0.15) is 0 Å². The van der Waals surface area contributed by atoms with E-state index in [1.807, 2.05) is 0 Å². The number of phosphoric ester groups is 2. The molecule has 0 aliphatic heterocycles. The maximum atomic E-state index is 13.1. The number of ether oxygens (including phenoxy) is 4. The van der Waals surface area contributed by atoms with E-state index in [1.165, 1.54) is 270 Å². The SMILES string of the molecule is CCCCCCCCCCCCCCCCCCCCCCCCC(=O)O[C@H](COC(=O)CCCCCCCCCCCCCCCCCCCC)COP(=O)(O)OC[C@@H](O)COP(=O)(O)OC[C@@H](COC(=O)CCCCCCCCC)OC(=O)CCCCCCCCCCCCCCCCC(C)C. The molecule has 0 aromatic heterocycles. The molecule has 0 amide bonds. The molecule has 0 spiro atoms. The molecular weight excluding hydrogens is 1350 g/mol. The minimum absolute atomic E-state index is 0.108. The number of hydrogen-bond acceptors (Lipinski definition) is 15. The van der Waals surface area contributed by atoms with E-state index >= 15 is 0 Å². The number of unbranched alkanes of at least 4 members (excludes halogenated alkanes) is 57. The van der Waals surface area contributed by atoms with Crippen molar-refractivity contribution in [3.63, 3.8) is 0 Å². The van der Waals surface area contributed by atoms with Gasteiger partial charge in [-0.15, -0.1) is 0 Å². The smallest absolute Gasteiger partial charge is 0.462 e. The lowest BCUT2D eigenvalue weighted by Crippen LogP contribution is -2.30. The molecule has 2 unspecified atom stereocenters. The van der Waals surface area contributed by atoms with Crippen molar-refractivity contribution >= 4 is 39.5 Å². The monoisotopic (exact) mass is 1520 g/mol. The molecule has 0 bridgehead atoms. The first-order valence-corrected chi connectivity index (χ1v) is 47.1. The number of rotatable bonds is 85. The van der Waals surface area contributed by atoms with Gasteiger partial charge in [0.25, 0.3) is 0 Å². The van der Waals surface area contributed by atoms with Crippen molar-refractivity contribution in [1.82, 2.24) is 0 Å². The molecule has 0 aliphatic carbocycles. The largest absolute Gasteiger partial charge is 0.472 e. The molecule has 0 saturated carbocycles. The van der Waals surface area contributed by atoms with Gasteiger partial charge in [-0.1, -0.05) is 407 Å². The van der Waals surface area contributed by atoms with Crippen LogP contribution in [0.2, 0.25) is 0 Å². The van der Waals surface area contributed by atoms with Gasteiger partial charge < -0.3 is 33.8 Å². The quantitative estimate of drug-likeness (QED) is 0.0222. The van der Waals surface area contributed by atoms with Crippen molar-refractivity contribution < 1.29 is 80.2 Å². The second-order valence-corrected chi connectivity index (χ2v) is 34.0. The van der Waals surface area contributed by atoms with Crippen LogP contribution in [0.15, 0.2) is 0 Å². The van der Waals surface area contributed by atoms with Crippen molar-refractivity contribution in [1.29, 1.82) is 0 Å². The van der Waals surface area contributed by atoms with Gasteiger partial charge in [0.15, 0.2) is 12.2 Å². The lowest BCUT2D eigenvalue weighted by Gasteiger charge is -2.21. The molecule has 17 nitrogen and oxygen atoms in total. The summed E-state index contributed by atoms with van der Waals surface area (Å²) in [5, 5.41) is 10.6. The fraction of sp³-hybridized carbons (Fsp3) is 0.953. The van der Waals surface area contributed by atoms with Crippen LogP contribution < -0.4 is 0 Å². The summed E-state index contributed by atoms with van der Waals surface area (Å²) in [7, 11) is -9.92. The Morgan fingerprint density at radius 2 is 0.442 bits per heavy atom. The van der Waals surface area contributed by atoms with Gasteiger partial charge >= 0.3 is 39.5 Å². The number of aliphatic hydroxyl groups excluding tert-OH is 1. The summed E-state index contributed by atoms with van der Waals surface area (Å²) in [5.74, 6) is -1.31. The molecule has 19 heteroatoms. The van der Waals surface area contributed by atoms with Crippen LogP contribution in [0.5, 0.6) is 0 Å². The number of carbonyl (C=O) groups is 4. The van der Waals surface area contributed by atoms with Crippen molar-refractivity contribution in [2.75, 3.05) is 39.6 Å². The molecule has 618 valence electrons. The lowest BCUT2D eigenvalue weighted by atomic mass is 10.0. The van der Waals surface area contributed by atoms with Crippen LogP contribution in [0.25, 0.3) is 0 Å². The first-order valence-electron chi connectivity index (χ1n) is 44.1. The van der Waals surface area contributed by atoms with Gasteiger partial charge in [0, 0.05) is 25.7 Å². The van der Waals surface area contributed by atoms with E-state index in [4.69, 9.17) is 37.0 Å². The van der Waals surface area contributed by atoms with Crippen LogP contribution in [0, 0.1) is 5.92 Å². The Morgan fingerprint density at radius 3 is 0.654 bits per heavy atom. The summed E-state index contributed by atoms with van der Waals surface area (Å²) in [6.45, 7) is 7.33. The van der Waals surface area contributed by atoms with Gasteiger partial charge in [0.1, 0.15) is 19.3 Å². The van der Waals surface area contributed by atoms with Crippen LogP contribution in [-0.2, 0) is 65.4 Å². The zero-order chi connectivity index (χ0) is 76.2. The third-order valence-electron chi connectivity index (χ3n) is 20.0. The van der Waals surface area contributed by atoms with E-state index in [9.17, 15) is 43.2 Å². The number of aliphatic hydroxyl groups is 1. The second kappa shape index (κ2) is 77.8. The number of carbonyl (C=O) groups excluding carboxylic acids is 4. The fourth-order valence-electron chi connectivity index (χ4n) is 13.3. The highest BCUT2D eigenvalue weighted by Gasteiger charge is 2.30. The number of esters is 4. The maximum Gasteiger partial charge on any atom is 0.472 e. The molecule has 0 saturated heterocycles. The molecule has 5 atom stereocenters. The average molecular weight is 1520 g/mol. The third-order valence-corrected chi connectivity index (χ3v) is 21.9. The molecular formula is C85H166O17P2. The highest BCUT2D eigenvalue weighted by atomic mass is 31.2. The summed E-state index contributed by atoms with van der Waals surface area (Å²) in [4.78, 5) is 73.0. The molecule has 0 aliphatic rings. The molecule has 0 aromatic rings. The van der Waals surface area contributed by atoms with Crippen LogP contribution in [0.4, 0.5) is 0 Å². The predicted octanol–water partition coefficient (Wildman–Crippen LogP) is 26.0. The zero-order valence-corrected chi connectivity index (χ0v) is 70.0. The number of hydrogen-bond donors (Lipinski definition) is 3. The van der Waals surface area contributed by atoms with Crippen molar-refractivity contribution in [2.24, 2.45) is 5.92 Å². The summed E-state index contributed by atoms with van der Waals surface area (Å²) >= 11 is 0. The minimum atomic E-state index is -4.96. The normalized spacial score (nSPS) is 13.8. The molecule has 3 N–H and O–H groups in total. The van der Waals surface area contributed by atoms with Gasteiger partial charge in [0.05, 0.1) is 26.4 Å². The van der Waals surface area contributed by atoms with Crippen LogP contribution in [0.3, 0.4) is 0 Å². The molecule has 0 fully saturated rings. The Hall–Kier alpha value is -1.94. The first-order chi connectivity index (χ1) is 50.5. The maximum absolute atomic E-state index is 13.1. The lowest BCUT2D eigenvalue weighted by molar-refractivity contribution is -0.161. The Morgan fingerprint density at radius 1 is 0.260 bits per heavy atom. The van der Waals surface area contributed by atoms with E-state index in [-0.39, 0.29) is 25.7 Å². The Balaban J connectivity index is 5.15. The van der Waals surface area contributed by atoms with Gasteiger partial charge in [0.2, 0.25) is 0 Å². The van der Waals surface area contributed by atoms with Gasteiger partial charge in [-0.3, -0.25) is 37.3 Å². The second-order valence-electron chi connectivity index (χ2n) is 31.1. The van der Waals surface area contributed by atoms with Gasteiger partial charge in [-0.05, 0) is 31.6 Å². The first kappa shape index (κ1) is 102. The number of phosphoric acid groups is 2. The standard InChI is InChI=1S/C85H166O17P2/c1-6-9-12-15-18-20-22-24-26-28-30-31-32-33-35-37-42-46-50-55-60-65-71-85(90)102-81(75-96-83(88)69-64-59-54-49-45-41-36-34-29-27-25-23-21-19-16-13-10-7-2)77-100-104(93,94)98-73-79(86)72-97-103(91,92)99-76-80(74-95-82(87)68-63-58-52-17-14-11-8-3)101-84(89)70-66-61-56-51-47-43-39-38-40-44-48-53-57-62-67-78(4)5/h78-81,86H,6-77H2,1-5H3,(H,91,92)(H,93,94)/t79-,80+,81+/m0/s1. The predicted molar refractivity (Wildman–Crippen MR) is 428 cm³/mol. The van der Waals surface area contributed by atoms with E-state index in [0.29, 0.717) is 25.7 Å². The Bertz CT molecular complexity index is 1980. The van der Waals surface area contributed by atoms with Crippen LogP contribution >= 0.6 is 15.6 Å². The summed E-state index contributed by atoms with van der Waals surface area (Å²) < 4.78 is 68.7. The highest BCUT2D eigenvalue weighted by molar-refractivity contribution is 7.47. The summed E-state index contributed by atoms with van der Waals surface area (Å²) in [5.41, 5.74) is 0. The Labute approximate surface area is 638 Å². The third kappa shape index (κ3) is 78.2. The van der Waals surface area contributed by atoms with Crippen LogP contribution in [0.1, 0.15) is 458 Å². The molecule has 0 radical (unpaired) electrons. The fourth-order valence-corrected chi connectivity index (χ4v) is 14.9. The average Bonchev–Trinajstić information content (AvgIpc) is 1.19. The summed E-state index contributed by atoms with van der Waals surface area (Å²) in [6, 6.07) is 0. The molecule has 0 rings (SSSR count). The van der Waals surface area contributed by atoms with E-state index in [0.717, 1.165) is 109 Å².